The van der Waals surface area contributed by atoms with Crippen LogP contribution in [0.2, 0.25) is 0 Å². The van der Waals surface area contributed by atoms with Crippen LogP contribution in [0.25, 0.3) is 0 Å². The summed E-state index contributed by atoms with van der Waals surface area (Å²) in [7, 11) is -12.0. The molecule has 0 rings (SSSR count). The van der Waals surface area contributed by atoms with Gasteiger partial charge in [-0.1, -0.05) is 0 Å². The number of rotatable bonds is 0. The molecule has 0 nitrogen and oxygen atoms in total. The average molecular weight is 237 g/mol. The molecule has 0 unspecified atom stereocenters. The normalized spacial score (nSPS) is 10.9. The van der Waals surface area contributed by atoms with Gasteiger partial charge in [0.25, 0.3) is 0 Å². The van der Waals surface area contributed by atoms with E-state index in [1.54, 1.807) is 0 Å². The van der Waals surface area contributed by atoms with Gasteiger partial charge in [0.2, 0.25) is 0 Å². The van der Waals surface area contributed by atoms with E-state index in [1.165, 1.54) is 0 Å². The van der Waals surface area contributed by atoms with Crippen LogP contribution in [0.4, 0.5) is 34.5 Å². The van der Waals surface area contributed by atoms with Crippen molar-refractivity contribution in [3.63, 3.8) is 0 Å². The van der Waals surface area contributed by atoms with Gasteiger partial charge in [-0.15, -0.1) is 0 Å². The summed E-state index contributed by atoms with van der Waals surface area (Å²) in [4.78, 5) is 0. The minimum Gasteiger partial charge on any atom is -0.418 e. The van der Waals surface area contributed by atoms with Gasteiger partial charge in [0.15, 0.2) is 0 Å². The van der Waals surface area contributed by atoms with Gasteiger partial charge < -0.3 is 34.5 Å². The summed E-state index contributed by atoms with van der Waals surface area (Å²) in [5.41, 5.74) is 0. The maximum Gasteiger partial charge on any atom is 2.00 e. The molecule has 11 heteroatoms. The minimum absolute atomic E-state index is 0. The van der Waals surface area contributed by atoms with Gasteiger partial charge in [0.1, 0.15) is 0 Å². The van der Waals surface area contributed by atoms with Crippen molar-refractivity contribution < 1.29 is 51.6 Å². The maximum atomic E-state index is 9.75. The van der Waals surface area contributed by atoms with E-state index in [1.807, 2.05) is 0 Å². The Hall–Kier alpha value is 0.0894. The van der Waals surface area contributed by atoms with Crippen LogP contribution in [0.3, 0.4) is 0 Å². The number of hydrogen-bond donors (Lipinski definition) is 0. The third-order valence-corrected chi connectivity index (χ3v) is 0. The first-order valence-corrected chi connectivity index (χ1v) is 1.75. The zero-order valence-corrected chi connectivity index (χ0v) is 5.42. The smallest absolute Gasteiger partial charge is 0.418 e. The van der Waals surface area contributed by atoms with Crippen molar-refractivity contribution in [1.29, 1.82) is 0 Å². The van der Waals surface area contributed by atoms with E-state index >= 15 is 0 Å². The van der Waals surface area contributed by atoms with Gasteiger partial charge in [-0.25, -0.2) is 0 Å². The van der Waals surface area contributed by atoms with Gasteiger partial charge in [-0.05, 0) is 0 Å². The Morgan fingerprint density at radius 1 is 0.455 bits per heavy atom. The van der Waals surface area contributed by atoms with Gasteiger partial charge >= 0.3 is 31.6 Å². The topological polar surface area (TPSA) is 0 Å². The molecule has 0 spiro atoms. The van der Waals surface area contributed by atoms with Crippen LogP contribution in [-0.2, 0) is 17.1 Å². The van der Waals surface area contributed by atoms with E-state index in [0.29, 0.717) is 0 Å². The molecule has 0 saturated heterocycles. The third kappa shape index (κ3) is 82700. The van der Waals surface area contributed by atoms with Gasteiger partial charge in [-0.3, -0.25) is 0 Å². The van der Waals surface area contributed by atoms with Gasteiger partial charge in [0, 0.05) is 0 Å². The first-order chi connectivity index (χ1) is 4.00. The Kier molecular flexibility index (Phi) is 8.94. The van der Waals surface area contributed by atoms with Crippen LogP contribution < -0.4 is 0 Å². The molecular formula is B2CuF8. The second-order valence-electron chi connectivity index (χ2n) is 0.990. The Morgan fingerprint density at radius 3 is 0.455 bits per heavy atom. The zero-order chi connectivity index (χ0) is 9.00. The Balaban J connectivity index is -0.000000107. The molecular weight excluding hydrogens is 237 g/mol. The summed E-state index contributed by atoms with van der Waals surface area (Å²) in [6.45, 7) is 0. The van der Waals surface area contributed by atoms with Crippen molar-refractivity contribution in [2.45, 2.75) is 0 Å². The fourth-order valence-corrected chi connectivity index (χ4v) is 0. The van der Waals surface area contributed by atoms with E-state index in [0.717, 1.165) is 0 Å². The van der Waals surface area contributed by atoms with Crippen LogP contribution in [0, 0.1) is 0 Å². The van der Waals surface area contributed by atoms with Crippen LogP contribution >= 0.6 is 0 Å². The van der Waals surface area contributed by atoms with Gasteiger partial charge in [-0.2, -0.15) is 0 Å². The molecule has 0 aromatic carbocycles. The number of halogens is 8. The SMILES string of the molecule is F[B-](F)(F)F.F[B-](F)(F)F.[Cu+2]. The molecule has 0 aromatic heterocycles. The molecule has 0 saturated carbocycles. The molecule has 0 aromatic rings. The second-order valence-corrected chi connectivity index (χ2v) is 0.990. The first-order valence-electron chi connectivity index (χ1n) is 1.75. The number of hydrogen-bond acceptors (Lipinski definition) is 0. The summed E-state index contributed by atoms with van der Waals surface area (Å²) >= 11 is 0. The van der Waals surface area contributed by atoms with E-state index < -0.39 is 14.5 Å². The van der Waals surface area contributed by atoms with Crippen molar-refractivity contribution in [1.82, 2.24) is 0 Å². The predicted molar refractivity (Wildman–Crippen MR) is 20.4 cm³/mol. The monoisotopic (exact) mass is 237 g/mol. The Labute approximate surface area is 67.0 Å². The quantitative estimate of drug-likeness (QED) is 0.448. The molecule has 0 heterocycles. The van der Waals surface area contributed by atoms with E-state index in [2.05, 4.69) is 0 Å². The molecule has 0 aliphatic carbocycles. The molecule has 0 amide bonds. The summed E-state index contributed by atoms with van der Waals surface area (Å²) in [5.74, 6) is 0. The van der Waals surface area contributed by atoms with E-state index in [-0.39, 0.29) is 17.1 Å². The second kappa shape index (κ2) is 5.70. The van der Waals surface area contributed by atoms with Crippen LogP contribution in [0.1, 0.15) is 0 Å². The van der Waals surface area contributed by atoms with Crippen molar-refractivity contribution in [2.75, 3.05) is 0 Å². The van der Waals surface area contributed by atoms with Crippen molar-refractivity contribution in [2.24, 2.45) is 0 Å². The summed E-state index contributed by atoms with van der Waals surface area (Å²) in [6, 6.07) is 0. The largest absolute Gasteiger partial charge is 2.00 e. The van der Waals surface area contributed by atoms with Crippen LogP contribution in [0.15, 0.2) is 0 Å². The van der Waals surface area contributed by atoms with Crippen molar-refractivity contribution >= 4 is 14.5 Å². The molecule has 0 N–H and O–H groups in total. The summed E-state index contributed by atoms with van der Waals surface area (Å²) < 4.78 is 78.0. The summed E-state index contributed by atoms with van der Waals surface area (Å²) in [5, 5.41) is 0. The van der Waals surface area contributed by atoms with Crippen LogP contribution in [0.5, 0.6) is 0 Å². The molecule has 0 aliphatic heterocycles. The van der Waals surface area contributed by atoms with E-state index in [9.17, 15) is 34.5 Å². The first kappa shape index (κ1) is 17.3. The molecule has 0 bridgehead atoms. The fourth-order valence-electron chi connectivity index (χ4n) is 0. The van der Waals surface area contributed by atoms with Crippen molar-refractivity contribution in [3.05, 3.63) is 0 Å². The van der Waals surface area contributed by atoms with Crippen LogP contribution in [-0.4, -0.2) is 14.5 Å². The van der Waals surface area contributed by atoms with Crippen molar-refractivity contribution in [3.8, 4) is 0 Å². The molecule has 1 radical (unpaired) electrons. The van der Waals surface area contributed by atoms with Gasteiger partial charge in [0.05, 0.1) is 0 Å². The molecule has 11 heavy (non-hydrogen) atoms. The maximum absolute atomic E-state index is 9.75. The molecule has 0 atom stereocenters. The summed E-state index contributed by atoms with van der Waals surface area (Å²) in [6.07, 6.45) is 0. The Bertz CT molecular complexity index is 55.1. The Morgan fingerprint density at radius 2 is 0.455 bits per heavy atom. The molecule has 0 fully saturated rings. The average Bonchev–Trinajstić information content (AvgIpc) is 1.12. The zero-order valence-electron chi connectivity index (χ0n) is 4.48. The minimum atomic E-state index is -6.00. The predicted octanol–water partition coefficient (Wildman–Crippen LogP) is 2.60. The van der Waals surface area contributed by atoms with E-state index in [4.69, 9.17) is 0 Å². The molecule has 73 valence electrons. The third-order valence-electron chi connectivity index (χ3n) is 0. The standard InChI is InChI=1S/2BF4.Cu/c2*2-1(3,4)5;/q2*-1;+2. The molecule has 0 aliphatic rings. The fraction of sp³-hybridized carbons (Fsp3) is 0.